The van der Waals surface area contributed by atoms with Crippen molar-refractivity contribution in [1.82, 2.24) is 0 Å². The van der Waals surface area contributed by atoms with Gasteiger partial charge in [-0.15, -0.1) is 0 Å². The predicted molar refractivity (Wildman–Crippen MR) is 226 cm³/mol. The molecule has 22 heteroatoms. The molecular weight excluding hydrogens is 968 g/mol. The second kappa shape index (κ2) is 17.2. The summed E-state index contributed by atoms with van der Waals surface area (Å²) >= 11 is 61.9. The van der Waals surface area contributed by atoms with Crippen LogP contribution in [0.2, 0.25) is 40.2 Å². The first-order valence-electron chi connectivity index (χ1n) is 12.9. The van der Waals surface area contributed by atoms with Gasteiger partial charge in [-0.1, -0.05) is 187 Å². The summed E-state index contributed by atoms with van der Waals surface area (Å²) in [7, 11) is 0. The van der Waals surface area contributed by atoms with E-state index in [0.29, 0.717) is 23.0 Å². The highest BCUT2D eigenvalue weighted by Crippen LogP contribution is 2.71. The summed E-state index contributed by atoms with van der Waals surface area (Å²) in [5, 5.41) is 31.8. The highest BCUT2D eigenvalue weighted by molar-refractivity contribution is 8.30. The lowest BCUT2D eigenvalue weighted by atomic mass is 10.3. The van der Waals surface area contributed by atoms with Gasteiger partial charge in [0, 0.05) is 13.8 Å². The number of nitriles is 2. The van der Waals surface area contributed by atoms with Crippen molar-refractivity contribution in [1.29, 1.82) is 10.5 Å². The number of thioether (sulfide) groups is 8. The number of rotatable bonds is 0. The smallest absolute Gasteiger partial charge is 0.269 e. The van der Waals surface area contributed by atoms with Crippen LogP contribution in [0.4, 0.5) is 0 Å². The Kier molecular flexibility index (Phi) is 14.4. The van der Waals surface area contributed by atoms with Gasteiger partial charge in [0.15, 0.2) is 23.0 Å². The molecule has 0 N–H and O–H groups in total. The van der Waals surface area contributed by atoms with E-state index in [2.05, 4.69) is 0 Å². The van der Waals surface area contributed by atoms with E-state index in [4.69, 9.17) is 122 Å². The zero-order valence-electron chi connectivity index (χ0n) is 24.4. The number of hydrogen-bond acceptors (Lipinski definition) is 14. The summed E-state index contributed by atoms with van der Waals surface area (Å²) in [6.07, 6.45) is 0. The molecule has 264 valence electrons. The monoisotopic (exact) mass is 978 g/mol. The van der Waals surface area contributed by atoms with Crippen molar-refractivity contribution >= 4 is 187 Å². The van der Waals surface area contributed by atoms with Gasteiger partial charge in [-0.3, -0.25) is 0 Å². The molecule has 0 atom stereocenters. The number of benzene rings is 2. The van der Waals surface area contributed by atoms with Crippen molar-refractivity contribution in [3.8, 4) is 35.1 Å². The van der Waals surface area contributed by atoms with Gasteiger partial charge in [-0.05, 0) is 43.3 Å². The lowest BCUT2D eigenvalue weighted by Crippen LogP contribution is -2.53. The van der Waals surface area contributed by atoms with Crippen molar-refractivity contribution in [2.24, 2.45) is 0 Å². The molecule has 0 aromatic heterocycles. The standard InChI is InChI=1S/2C12H4Cl4O2S4.2C2H3N/c2*13-5-6(14)8(16)10-9(7(5)15)17-11(19-1-2-20-11)12(18-10)21-3-4-22-12;2*1-2-3/h2*1-4H;2*1H3. The lowest BCUT2D eigenvalue weighted by molar-refractivity contribution is 0.0867. The topological polar surface area (TPSA) is 84.5 Å². The molecule has 6 aliphatic heterocycles. The molecule has 0 radical (unpaired) electrons. The molecule has 6 aliphatic rings. The van der Waals surface area contributed by atoms with Crippen LogP contribution in [0.1, 0.15) is 13.8 Å². The van der Waals surface area contributed by atoms with E-state index in [9.17, 15) is 0 Å². The zero-order valence-corrected chi connectivity index (χ0v) is 37.0. The van der Waals surface area contributed by atoms with Crippen LogP contribution in [0.5, 0.6) is 23.0 Å². The number of nitrogens with zero attached hydrogens (tertiary/aromatic N) is 2. The van der Waals surface area contributed by atoms with E-state index >= 15 is 0 Å². The molecule has 50 heavy (non-hydrogen) atoms. The minimum atomic E-state index is -0.719. The van der Waals surface area contributed by atoms with Crippen molar-refractivity contribution < 1.29 is 18.9 Å². The molecule has 0 fully saturated rings. The molecule has 4 spiro atoms. The van der Waals surface area contributed by atoms with Gasteiger partial charge in [0.2, 0.25) is 0 Å². The Morgan fingerprint density at radius 3 is 0.660 bits per heavy atom. The normalized spacial score (nSPS) is 20.5. The lowest BCUT2D eigenvalue weighted by Gasteiger charge is -2.46. The van der Waals surface area contributed by atoms with Crippen molar-refractivity contribution in [3.63, 3.8) is 0 Å². The van der Waals surface area contributed by atoms with Gasteiger partial charge in [-0.2, -0.15) is 10.5 Å². The second-order valence-electron chi connectivity index (χ2n) is 8.94. The van der Waals surface area contributed by atoms with E-state index < -0.39 is 17.1 Å². The first kappa shape index (κ1) is 41.9. The third-order valence-electron chi connectivity index (χ3n) is 6.07. The highest BCUT2D eigenvalue weighted by Gasteiger charge is 2.65. The number of ether oxygens (including phenoxy) is 4. The molecule has 0 unspecified atom stereocenters. The Labute approximate surface area is 361 Å². The summed E-state index contributed by atoms with van der Waals surface area (Å²) in [5.74, 6) is 1.29. The second-order valence-corrected chi connectivity index (χ2v) is 21.7. The van der Waals surface area contributed by atoms with Crippen molar-refractivity contribution in [2.45, 2.75) is 30.9 Å². The Morgan fingerprint density at radius 1 is 0.380 bits per heavy atom. The first-order valence-corrected chi connectivity index (χ1v) is 23.0. The fourth-order valence-electron chi connectivity index (χ4n) is 4.15. The minimum absolute atomic E-state index is 0.160. The quantitative estimate of drug-likeness (QED) is 0.185. The third kappa shape index (κ3) is 7.36. The van der Waals surface area contributed by atoms with Crippen LogP contribution in [-0.4, -0.2) is 17.1 Å². The molecule has 0 bridgehead atoms. The maximum Gasteiger partial charge on any atom is 0.269 e. The third-order valence-corrected chi connectivity index (χ3v) is 21.3. The average molecular weight is 983 g/mol. The Hall–Kier alpha value is 0.700. The van der Waals surface area contributed by atoms with Gasteiger partial charge in [0.25, 0.3) is 17.1 Å². The number of fused-ring (bicyclic) bond motifs is 4. The number of hydrogen-bond donors (Lipinski definition) is 0. The predicted octanol–water partition coefficient (Wildman–Crippen LogP) is 15.6. The molecule has 2 aromatic rings. The van der Waals surface area contributed by atoms with Gasteiger partial charge >= 0.3 is 0 Å². The summed E-state index contributed by atoms with van der Waals surface area (Å²) in [4.78, 5) is 0. The maximum atomic E-state index is 7.32. The molecule has 0 amide bonds. The summed E-state index contributed by atoms with van der Waals surface area (Å²) in [6, 6.07) is 3.50. The van der Waals surface area contributed by atoms with Crippen LogP contribution in [-0.2, 0) is 0 Å². The van der Waals surface area contributed by atoms with Gasteiger partial charge in [0.05, 0.1) is 32.2 Å². The van der Waals surface area contributed by atoms with E-state index in [0.717, 1.165) is 0 Å². The molecular formula is C28H14Cl8N2O4S8. The Balaban J connectivity index is 0.000000168. The Bertz CT molecular complexity index is 1630. The van der Waals surface area contributed by atoms with Gasteiger partial charge < -0.3 is 18.9 Å². The molecule has 0 saturated carbocycles. The highest BCUT2D eigenvalue weighted by atomic mass is 35.5. The minimum Gasteiger partial charge on any atom is -0.455 e. The van der Waals surface area contributed by atoms with Crippen LogP contribution >= 0.6 is 187 Å². The summed E-state index contributed by atoms with van der Waals surface area (Å²) in [6.45, 7) is 2.86. The largest absolute Gasteiger partial charge is 0.455 e. The van der Waals surface area contributed by atoms with E-state index in [1.807, 2.05) is 43.3 Å². The first-order chi connectivity index (χ1) is 23.8. The number of halogens is 8. The molecule has 6 heterocycles. The SMILES string of the molecule is CC#N.CC#N.Clc1c(Cl)c(Cl)c2c(c1Cl)OC1(SC=CS1)C1(O2)SC=CS1.Clc1c(Cl)c(Cl)c2c(c1Cl)OC1(SC=CS1)C1(O2)SC=CS1. The van der Waals surface area contributed by atoms with E-state index in [-0.39, 0.29) is 40.2 Å². The van der Waals surface area contributed by atoms with Gasteiger partial charge in [0.1, 0.15) is 20.1 Å². The zero-order chi connectivity index (χ0) is 36.5. The van der Waals surface area contributed by atoms with Crippen molar-refractivity contribution in [3.05, 3.63) is 83.4 Å². The molecule has 6 nitrogen and oxygen atoms in total. The fraction of sp³-hybridized carbons (Fsp3) is 0.214. The van der Waals surface area contributed by atoms with E-state index in [1.165, 1.54) is 108 Å². The molecule has 2 aromatic carbocycles. The maximum absolute atomic E-state index is 7.32. The Morgan fingerprint density at radius 2 is 0.520 bits per heavy atom. The van der Waals surface area contributed by atoms with Crippen LogP contribution in [0.3, 0.4) is 0 Å². The summed E-state index contributed by atoms with van der Waals surface area (Å²) < 4.78 is 22.2. The van der Waals surface area contributed by atoms with Crippen LogP contribution in [0.25, 0.3) is 0 Å². The average Bonchev–Trinajstić information content (AvgIpc) is 3.94. The van der Waals surface area contributed by atoms with Crippen LogP contribution in [0, 0.1) is 22.7 Å². The molecule has 0 aliphatic carbocycles. The van der Waals surface area contributed by atoms with Gasteiger partial charge in [-0.25, -0.2) is 0 Å². The van der Waals surface area contributed by atoms with Crippen LogP contribution < -0.4 is 18.9 Å². The molecule has 8 rings (SSSR count). The van der Waals surface area contributed by atoms with Crippen molar-refractivity contribution in [2.75, 3.05) is 0 Å². The fourth-order valence-corrected chi connectivity index (χ4v) is 16.2. The van der Waals surface area contributed by atoms with Crippen LogP contribution in [0.15, 0.2) is 43.3 Å². The summed E-state index contributed by atoms with van der Waals surface area (Å²) in [5.41, 5.74) is 0. The van der Waals surface area contributed by atoms with E-state index in [1.54, 1.807) is 12.1 Å². The molecule has 0 saturated heterocycles.